The van der Waals surface area contributed by atoms with E-state index in [0.29, 0.717) is 5.92 Å². The molecule has 0 bridgehead atoms. The van der Waals surface area contributed by atoms with Crippen LogP contribution in [0.2, 0.25) is 0 Å². The second-order valence-corrected chi connectivity index (χ2v) is 9.36. The first-order valence-corrected chi connectivity index (χ1v) is 11.8. The molecule has 0 radical (unpaired) electrons. The lowest BCUT2D eigenvalue weighted by Crippen LogP contribution is -2.54. The third-order valence-corrected chi connectivity index (χ3v) is 7.21. The molecule has 1 aliphatic heterocycles. The van der Waals surface area contributed by atoms with Gasteiger partial charge in [0.15, 0.2) is 0 Å². The highest BCUT2D eigenvalue weighted by Crippen LogP contribution is 2.35. The Bertz CT molecular complexity index is 862. The third-order valence-electron chi connectivity index (χ3n) is 7.21. The summed E-state index contributed by atoms with van der Waals surface area (Å²) in [6.07, 6.45) is 5.49. The highest BCUT2D eigenvalue weighted by Gasteiger charge is 2.40. The van der Waals surface area contributed by atoms with E-state index in [4.69, 9.17) is 4.74 Å². The number of amides is 1. The molecule has 1 amide bonds. The zero-order valence-corrected chi connectivity index (χ0v) is 19.1. The van der Waals surface area contributed by atoms with Crippen molar-refractivity contribution in [2.45, 2.75) is 64.6 Å². The maximum absolute atomic E-state index is 13.0. The van der Waals surface area contributed by atoms with Crippen molar-refractivity contribution in [2.24, 2.45) is 11.8 Å². The Kier molecular flexibility index (Phi) is 6.96. The van der Waals surface area contributed by atoms with Gasteiger partial charge in [-0.05, 0) is 68.2 Å². The Morgan fingerprint density at radius 2 is 1.71 bits per heavy atom. The predicted molar refractivity (Wildman–Crippen MR) is 126 cm³/mol. The number of ether oxygens (including phenoxy) is 1. The molecule has 31 heavy (non-hydrogen) atoms. The van der Waals surface area contributed by atoms with E-state index >= 15 is 0 Å². The number of aryl methyl sites for hydroxylation is 2. The summed E-state index contributed by atoms with van der Waals surface area (Å²) >= 11 is 0. The molecule has 4 atom stereocenters. The van der Waals surface area contributed by atoms with E-state index in [1.54, 1.807) is 7.11 Å². The van der Waals surface area contributed by atoms with Crippen LogP contribution >= 0.6 is 0 Å². The number of hydrogen-bond donors (Lipinski definition) is 1. The van der Waals surface area contributed by atoms with E-state index in [1.807, 2.05) is 0 Å². The van der Waals surface area contributed by atoms with Crippen LogP contribution in [0.3, 0.4) is 0 Å². The summed E-state index contributed by atoms with van der Waals surface area (Å²) in [5.74, 6) is 0.798. The van der Waals surface area contributed by atoms with Crippen LogP contribution in [-0.4, -0.2) is 31.7 Å². The number of benzene rings is 2. The van der Waals surface area contributed by atoms with E-state index in [1.165, 1.54) is 22.4 Å². The molecule has 4 heteroatoms. The smallest absolute Gasteiger partial charge is 0.225 e. The van der Waals surface area contributed by atoms with Gasteiger partial charge in [-0.2, -0.15) is 0 Å². The topological polar surface area (TPSA) is 41.6 Å². The van der Waals surface area contributed by atoms with Gasteiger partial charge < -0.3 is 15.0 Å². The molecule has 4 rings (SSSR count). The van der Waals surface area contributed by atoms with Crippen molar-refractivity contribution >= 4 is 11.6 Å². The van der Waals surface area contributed by atoms with Gasteiger partial charge in [-0.25, -0.2) is 0 Å². The molecule has 1 saturated heterocycles. The van der Waals surface area contributed by atoms with Crippen molar-refractivity contribution in [3.63, 3.8) is 0 Å². The lowest BCUT2D eigenvalue weighted by atomic mass is 9.74. The summed E-state index contributed by atoms with van der Waals surface area (Å²) in [4.78, 5) is 15.4. The van der Waals surface area contributed by atoms with Gasteiger partial charge in [-0.1, -0.05) is 48.9 Å². The molecule has 1 saturated carbocycles. The number of carbonyl (C=O) groups is 1. The average molecular weight is 421 g/mol. The second kappa shape index (κ2) is 9.86. The van der Waals surface area contributed by atoms with Crippen LogP contribution in [0.4, 0.5) is 5.69 Å². The first-order valence-electron chi connectivity index (χ1n) is 11.8. The fourth-order valence-electron chi connectivity index (χ4n) is 5.18. The van der Waals surface area contributed by atoms with E-state index in [9.17, 15) is 4.79 Å². The molecule has 1 N–H and O–H groups in total. The highest BCUT2D eigenvalue weighted by atomic mass is 16.5. The Morgan fingerprint density at radius 3 is 2.39 bits per heavy atom. The summed E-state index contributed by atoms with van der Waals surface area (Å²) in [5.41, 5.74) is 5.08. The molecule has 166 valence electrons. The zero-order chi connectivity index (χ0) is 21.8. The van der Waals surface area contributed by atoms with E-state index < -0.39 is 0 Å². The predicted octanol–water partition coefficient (Wildman–Crippen LogP) is 4.88. The van der Waals surface area contributed by atoms with Crippen molar-refractivity contribution in [1.29, 1.82) is 0 Å². The van der Waals surface area contributed by atoms with Gasteiger partial charge in [0.25, 0.3) is 0 Å². The van der Waals surface area contributed by atoms with Crippen LogP contribution in [0.15, 0.2) is 48.5 Å². The van der Waals surface area contributed by atoms with E-state index in [2.05, 4.69) is 72.6 Å². The monoisotopic (exact) mass is 420 g/mol. The summed E-state index contributed by atoms with van der Waals surface area (Å²) < 4.78 is 5.56. The Labute approximate surface area is 187 Å². The first-order chi connectivity index (χ1) is 15.1. The number of anilines is 1. The van der Waals surface area contributed by atoms with Crippen LogP contribution in [0.5, 0.6) is 0 Å². The van der Waals surface area contributed by atoms with Gasteiger partial charge in [0, 0.05) is 31.9 Å². The van der Waals surface area contributed by atoms with Crippen LogP contribution in [-0.2, 0) is 22.5 Å². The van der Waals surface area contributed by atoms with E-state index in [-0.39, 0.29) is 24.0 Å². The van der Waals surface area contributed by atoms with Gasteiger partial charge in [0.1, 0.15) is 0 Å². The van der Waals surface area contributed by atoms with Gasteiger partial charge >= 0.3 is 0 Å². The molecule has 4 unspecified atom stereocenters. The molecule has 1 heterocycles. The summed E-state index contributed by atoms with van der Waals surface area (Å²) in [6.45, 7) is 5.86. The Morgan fingerprint density at radius 1 is 1.00 bits per heavy atom. The van der Waals surface area contributed by atoms with Crippen LogP contribution in [0.25, 0.3) is 0 Å². The molecule has 0 aromatic heterocycles. The fraction of sp³-hybridized carbons (Fsp3) is 0.519. The molecular weight excluding hydrogens is 384 g/mol. The lowest BCUT2D eigenvalue weighted by molar-refractivity contribution is -0.130. The molecule has 2 aliphatic rings. The number of nitrogens with zero attached hydrogens (tertiary/aromatic N) is 1. The van der Waals surface area contributed by atoms with E-state index in [0.717, 1.165) is 45.2 Å². The minimum absolute atomic E-state index is 0.0247. The van der Waals surface area contributed by atoms with Crippen molar-refractivity contribution < 1.29 is 9.53 Å². The second-order valence-electron chi connectivity index (χ2n) is 9.36. The van der Waals surface area contributed by atoms with Gasteiger partial charge in [0.05, 0.1) is 12.0 Å². The first kappa shape index (κ1) is 21.9. The number of fused-ring (bicyclic) bond motifs is 1. The maximum atomic E-state index is 13.0. The standard InChI is InChI=1S/C27H36N2O2/c1-4-20-9-12-24(13-10-20)29(17-21-7-5-19(2)6-8-21)18-23-15-22-11-14-25(31-3)16-26(22)28-27(23)30/h5-10,12-13,22-23,25-26H,4,11,14-18H2,1-3H3,(H,28,30). The number of nitrogens with one attached hydrogen (secondary N) is 1. The van der Waals surface area contributed by atoms with Crippen LogP contribution in [0, 0.1) is 18.8 Å². The Balaban J connectivity index is 1.51. The maximum Gasteiger partial charge on any atom is 0.225 e. The number of piperidine rings is 1. The number of methoxy groups -OCH3 is 1. The molecule has 4 nitrogen and oxygen atoms in total. The number of hydrogen-bond acceptors (Lipinski definition) is 3. The third kappa shape index (κ3) is 5.30. The highest BCUT2D eigenvalue weighted by molar-refractivity contribution is 5.80. The van der Waals surface area contributed by atoms with Crippen molar-refractivity contribution in [3.05, 3.63) is 65.2 Å². The molecule has 2 aromatic carbocycles. The largest absolute Gasteiger partial charge is 0.381 e. The minimum atomic E-state index is 0.0247. The normalized spacial score (nSPS) is 25.6. The molecule has 0 spiro atoms. The summed E-state index contributed by atoms with van der Waals surface area (Å²) in [7, 11) is 1.78. The van der Waals surface area contributed by atoms with Gasteiger partial charge in [0.2, 0.25) is 5.91 Å². The zero-order valence-electron chi connectivity index (χ0n) is 19.1. The number of carbonyl (C=O) groups excluding carboxylic acids is 1. The number of rotatable bonds is 7. The quantitative estimate of drug-likeness (QED) is 0.694. The Hall–Kier alpha value is -2.33. The van der Waals surface area contributed by atoms with Crippen molar-refractivity contribution in [2.75, 3.05) is 18.6 Å². The molecule has 2 fully saturated rings. The molecular formula is C27H36N2O2. The van der Waals surface area contributed by atoms with Crippen LogP contribution < -0.4 is 10.2 Å². The molecule has 1 aliphatic carbocycles. The summed E-state index contributed by atoms with van der Waals surface area (Å²) in [6, 6.07) is 17.8. The van der Waals surface area contributed by atoms with Gasteiger partial charge in [-0.15, -0.1) is 0 Å². The minimum Gasteiger partial charge on any atom is -0.381 e. The lowest BCUT2D eigenvalue weighted by Gasteiger charge is -2.43. The van der Waals surface area contributed by atoms with Gasteiger partial charge in [-0.3, -0.25) is 4.79 Å². The van der Waals surface area contributed by atoms with Crippen molar-refractivity contribution in [3.8, 4) is 0 Å². The van der Waals surface area contributed by atoms with Crippen molar-refractivity contribution in [1.82, 2.24) is 5.32 Å². The molecule has 2 aromatic rings. The van der Waals surface area contributed by atoms with Crippen LogP contribution in [0.1, 0.15) is 49.3 Å². The summed E-state index contributed by atoms with van der Waals surface area (Å²) in [5, 5.41) is 3.33. The fourth-order valence-corrected chi connectivity index (χ4v) is 5.18. The SMILES string of the molecule is CCc1ccc(N(Cc2ccc(C)cc2)CC2CC3CCC(OC)CC3NC2=O)cc1. The average Bonchev–Trinajstić information content (AvgIpc) is 2.80.